The highest BCUT2D eigenvalue weighted by atomic mass is 35.5. The van der Waals surface area contributed by atoms with Gasteiger partial charge in [0, 0.05) is 54.4 Å². The molecule has 2 aliphatic rings. The van der Waals surface area contributed by atoms with Crippen molar-refractivity contribution in [2.45, 2.75) is 25.4 Å². The summed E-state index contributed by atoms with van der Waals surface area (Å²) < 4.78 is 5.51. The van der Waals surface area contributed by atoms with Crippen LogP contribution in [-0.4, -0.2) is 50.1 Å². The minimum Gasteiger partial charge on any atom is -0.497 e. The predicted octanol–water partition coefficient (Wildman–Crippen LogP) is 4.63. The Balaban J connectivity index is 1.34. The van der Waals surface area contributed by atoms with E-state index in [0.29, 0.717) is 6.54 Å². The summed E-state index contributed by atoms with van der Waals surface area (Å²) in [6.07, 6.45) is 1.63. The second-order valence-electron chi connectivity index (χ2n) is 9.05. The van der Waals surface area contributed by atoms with Gasteiger partial charge in [-0.2, -0.15) is 0 Å². The number of ether oxygens (including phenoxy) is 1. The van der Waals surface area contributed by atoms with Gasteiger partial charge in [0.2, 0.25) is 5.91 Å². The van der Waals surface area contributed by atoms with Crippen molar-refractivity contribution in [3.05, 3.63) is 81.0 Å². The van der Waals surface area contributed by atoms with Crippen LogP contribution >= 0.6 is 22.9 Å². The fourth-order valence-corrected chi connectivity index (χ4v) is 5.99. The molecular weight excluding hydrogens is 466 g/mol. The Bertz CT molecular complexity index is 1120. The van der Waals surface area contributed by atoms with Crippen LogP contribution in [0.5, 0.6) is 5.75 Å². The Morgan fingerprint density at radius 1 is 1.18 bits per heavy atom. The maximum Gasteiger partial charge on any atom is 0.225 e. The number of halogens is 1. The number of rotatable bonds is 7. The second-order valence-corrected chi connectivity index (χ2v) is 10.5. The molecule has 1 fully saturated rings. The minimum atomic E-state index is -0.0859. The van der Waals surface area contributed by atoms with Gasteiger partial charge in [0.15, 0.2) is 0 Å². The molecule has 0 bridgehead atoms. The first-order valence-electron chi connectivity index (χ1n) is 11.8. The van der Waals surface area contributed by atoms with E-state index >= 15 is 0 Å². The number of carbonyl (C=O) groups is 1. The lowest BCUT2D eigenvalue weighted by Gasteiger charge is -2.49. The normalized spacial score (nSPS) is 19.9. The van der Waals surface area contributed by atoms with Crippen LogP contribution < -0.4 is 15.0 Å². The van der Waals surface area contributed by atoms with Crippen LogP contribution in [0.2, 0.25) is 5.02 Å². The van der Waals surface area contributed by atoms with Gasteiger partial charge in [-0.25, -0.2) is 0 Å². The van der Waals surface area contributed by atoms with Crippen molar-refractivity contribution in [3.63, 3.8) is 0 Å². The number of nitrogens with one attached hydrogen (secondary N) is 1. The summed E-state index contributed by atoms with van der Waals surface area (Å²) in [5.41, 5.74) is 3.67. The number of hydrogen-bond acceptors (Lipinski definition) is 5. The van der Waals surface area contributed by atoms with Crippen molar-refractivity contribution >= 4 is 34.5 Å². The maximum absolute atomic E-state index is 13.4. The van der Waals surface area contributed by atoms with Gasteiger partial charge in [-0.05, 0) is 53.6 Å². The van der Waals surface area contributed by atoms with Crippen molar-refractivity contribution in [1.82, 2.24) is 10.2 Å². The summed E-state index contributed by atoms with van der Waals surface area (Å²) in [4.78, 5) is 19.6. The van der Waals surface area contributed by atoms with E-state index in [9.17, 15) is 4.79 Å². The number of fused-ring (bicyclic) bond motifs is 3. The number of carbonyl (C=O) groups excluding carboxylic acids is 1. The molecule has 0 radical (unpaired) electrons. The minimum absolute atomic E-state index is 0.0859. The highest BCUT2D eigenvalue weighted by molar-refractivity contribution is 7.09. The summed E-state index contributed by atoms with van der Waals surface area (Å²) in [6, 6.07) is 18.6. The Labute approximate surface area is 210 Å². The van der Waals surface area contributed by atoms with Crippen molar-refractivity contribution in [3.8, 4) is 5.75 Å². The number of anilines is 1. The molecule has 2 aromatic carbocycles. The lowest BCUT2D eigenvalue weighted by Crippen LogP contribution is -2.61. The smallest absolute Gasteiger partial charge is 0.225 e. The fourth-order valence-electron chi connectivity index (χ4n) is 5.15. The van der Waals surface area contributed by atoms with E-state index in [4.69, 9.17) is 16.3 Å². The van der Waals surface area contributed by atoms with Gasteiger partial charge in [-0.1, -0.05) is 35.9 Å². The molecule has 178 valence electrons. The zero-order valence-corrected chi connectivity index (χ0v) is 20.9. The molecule has 2 unspecified atom stereocenters. The average molecular weight is 496 g/mol. The van der Waals surface area contributed by atoms with Gasteiger partial charge in [-0.3, -0.25) is 9.69 Å². The molecule has 1 aromatic heterocycles. The molecule has 0 spiro atoms. The first-order chi connectivity index (χ1) is 16.6. The predicted molar refractivity (Wildman–Crippen MR) is 139 cm³/mol. The van der Waals surface area contributed by atoms with Crippen molar-refractivity contribution in [1.29, 1.82) is 0 Å². The maximum atomic E-state index is 13.4. The van der Waals surface area contributed by atoms with Crippen LogP contribution in [0.3, 0.4) is 0 Å². The molecule has 1 amide bonds. The topological polar surface area (TPSA) is 44.8 Å². The van der Waals surface area contributed by atoms with Crippen LogP contribution in [0, 0.1) is 5.92 Å². The van der Waals surface area contributed by atoms with Gasteiger partial charge in [-0.15, -0.1) is 11.3 Å². The molecule has 0 saturated carbocycles. The lowest BCUT2D eigenvalue weighted by molar-refractivity contribution is -0.126. The van der Waals surface area contributed by atoms with E-state index in [1.54, 1.807) is 18.4 Å². The summed E-state index contributed by atoms with van der Waals surface area (Å²) in [5.74, 6) is 0.929. The first kappa shape index (κ1) is 23.2. The van der Waals surface area contributed by atoms with E-state index < -0.39 is 0 Å². The number of piperazine rings is 1. The zero-order chi connectivity index (χ0) is 23.5. The molecule has 3 heterocycles. The molecule has 1 saturated heterocycles. The summed E-state index contributed by atoms with van der Waals surface area (Å²) in [7, 11) is 1.70. The Morgan fingerprint density at radius 2 is 2.03 bits per heavy atom. The van der Waals surface area contributed by atoms with Crippen molar-refractivity contribution in [2.24, 2.45) is 5.92 Å². The Kier molecular flexibility index (Phi) is 7.09. The van der Waals surface area contributed by atoms with Gasteiger partial charge in [0.05, 0.1) is 19.1 Å². The van der Waals surface area contributed by atoms with Crippen molar-refractivity contribution in [2.75, 3.05) is 38.2 Å². The van der Waals surface area contributed by atoms with Crippen LogP contribution in [0.15, 0.2) is 60.0 Å². The molecule has 2 aliphatic heterocycles. The third-order valence-electron chi connectivity index (χ3n) is 6.92. The Hall–Kier alpha value is -2.54. The number of methoxy groups -OCH3 is 1. The monoisotopic (exact) mass is 495 g/mol. The zero-order valence-electron chi connectivity index (χ0n) is 19.4. The second kappa shape index (κ2) is 10.4. The quantitative estimate of drug-likeness (QED) is 0.519. The van der Waals surface area contributed by atoms with E-state index in [2.05, 4.69) is 56.9 Å². The molecular formula is C27H30ClN3O2S. The fraction of sp³-hybridized carbons (Fsp3) is 0.370. The molecule has 1 N–H and O–H groups in total. The molecule has 5 rings (SSSR count). The largest absolute Gasteiger partial charge is 0.497 e. The number of amides is 1. The SMILES string of the molecule is COc1ccc2c(c1)N1CCN(Cc3ccc(Cl)cc3)CC1C(C(=O)NCCc1cccs1)C2. The third-order valence-corrected chi connectivity index (χ3v) is 8.10. The van der Waals surface area contributed by atoms with Crippen LogP contribution in [0.4, 0.5) is 5.69 Å². The third kappa shape index (κ3) is 5.09. The van der Waals surface area contributed by atoms with Crippen LogP contribution in [0.1, 0.15) is 16.0 Å². The lowest BCUT2D eigenvalue weighted by atomic mass is 9.83. The summed E-state index contributed by atoms with van der Waals surface area (Å²) in [6.45, 7) is 4.22. The van der Waals surface area contributed by atoms with Gasteiger partial charge >= 0.3 is 0 Å². The van der Waals surface area contributed by atoms with Gasteiger partial charge < -0.3 is 15.0 Å². The highest BCUT2D eigenvalue weighted by Gasteiger charge is 2.41. The molecule has 5 nitrogen and oxygen atoms in total. The first-order valence-corrected chi connectivity index (χ1v) is 13.1. The van der Waals surface area contributed by atoms with Crippen LogP contribution in [-0.2, 0) is 24.2 Å². The molecule has 3 aromatic rings. The van der Waals surface area contributed by atoms with E-state index in [-0.39, 0.29) is 17.9 Å². The molecule has 34 heavy (non-hydrogen) atoms. The summed E-state index contributed by atoms with van der Waals surface area (Å²) in [5, 5.41) is 6.07. The Morgan fingerprint density at radius 3 is 2.79 bits per heavy atom. The number of benzene rings is 2. The van der Waals surface area contributed by atoms with E-state index in [0.717, 1.165) is 49.8 Å². The standard InChI is InChI=1S/C27H30ClN3O2S/c1-33-22-9-6-20-15-24(27(32)29-11-10-23-3-2-14-34-23)26-18-30(12-13-31(26)25(20)16-22)17-19-4-7-21(28)8-5-19/h2-9,14,16,24,26H,10-13,15,17-18H2,1H3,(H,29,32). The molecule has 2 atom stereocenters. The molecule has 7 heteroatoms. The average Bonchev–Trinajstić information content (AvgIpc) is 3.38. The number of thiophene rings is 1. The highest BCUT2D eigenvalue weighted by Crippen LogP contribution is 2.38. The van der Waals surface area contributed by atoms with E-state index in [1.807, 2.05) is 18.2 Å². The van der Waals surface area contributed by atoms with Crippen LogP contribution in [0.25, 0.3) is 0 Å². The number of hydrogen-bond donors (Lipinski definition) is 1. The van der Waals surface area contributed by atoms with Gasteiger partial charge in [0.1, 0.15) is 5.75 Å². The van der Waals surface area contributed by atoms with Gasteiger partial charge in [0.25, 0.3) is 0 Å². The summed E-state index contributed by atoms with van der Waals surface area (Å²) >= 11 is 7.81. The van der Waals surface area contributed by atoms with E-state index in [1.165, 1.54) is 21.7 Å². The van der Waals surface area contributed by atoms with Crippen molar-refractivity contribution < 1.29 is 9.53 Å². The molecule has 0 aliphatic carbocycles. The number of nitrogens with zero attached hydrogens (tertiary/aromatic N) is 2.